The van der Waals surface area contributed by atoms with Crippen LogP contribution in [-0.2, 0) is 4.79 Å². The van der Waals surface area contributed by atoms with E-state index in [0.29, 0.717) is 6.54 Å². The van der Waals surface area contributed by atoms with E-state index in [-0.39, 0.29) is 23.1 Å². The molecule has 0 spiro atoms. The van der Waals surface area contributed by atoms with E-state index in [9.17, 15) is 4.79 Å². The molecule has 112 valence electrons. The molecule has 0 aromatic heterocycles. The van der Waals surface area contributed by atoms with E-state index in [1.807, 2.05) is 17.8 Å². The van der Waals surface area contributed by atoms with Gasteiger partial charge in [-0.3, -0.25) is 4.79 Å². The van der Waals surface area contributed by atoms with Crippen LogP contribution in [0.25, 0.3) is 0 Å². The Morgan fingerprint density at radius 3 is 2.50 bits per heavy atom. The summed E-state index contributed by atoms with van der Waals surface area (Å²) < 4.78 is 0.145. The van der Waals surface area contributed by atoms with Gasteiger partial charge < -0.3 is 11.1 Å². The van der Waals surface area contributed by atoms with Crippen molar-refractivity contribution in [3.05, 3.63) is 30.3 Å². The monoisotopic (exact) mass is 314 g/mol. The summed E-state index contributed by atoms with van der Waals surface area (Å²) in [4.78, 5) is 12.9. The first-order chi connectivity index (χ1) is 9.11. The molecular formula is C15H23ClN2OS. The molecule has 0 saturated heterocycles. The van der Waals surface area contributed by atoms with Crippen LogP contribution in [0, 0.1) is 0 Å². The number of carbonyl (C=O) groups excluding carboxylic acids is 1. The van der Waals surface area contributed by atoms with E-state index in [1.54, 1.807) is 6.92 Å². The van der Waals surface area contributed by atoms with Crippen molar-refractivity contribution < 1.29 is 4.79 Å². The zero-order chi connectivity index (χ0) is 13.7. The van der Waals surface area contributed by atoms with Gasteiger partial charge in [0.15, 0.2) is 0 Å². The number of rotatable bonds is 5. The molecule has 0 aliphatic heterocycles. The van der Waals surface area contributed by atoms with Gasteiger partial charge in [0.25, 0.3) is 0 Å². The zero-order valence-corrected chi connectivity index (χ0v) is 13.4. The van der Waals surface area contributed by atoms with Gasteiger partial charge in [-0.2, -0.15) is 0 Å². The Hall–Kier alpha value is -0.710. The Bertz CT molecular complexity index is 419. The number of nitrogens with two attached hydrogens (primary N) is 1. The molecule has 1 aromatic carbocycles. The highest BCUT2D eigenvalue weighted by atomic mass is 35.5. The van der Waals surface area contributed by atoms with E-state index in [4.69, 9.17) is 5.73 Å². The quantitative estimate of drug-likeness (QED) is 0.878. The maximum atomic E-state index is 11.6. The highest BCUT2D eigenvalue weighted by Gasteiger charge is 2.35. The van der Waals surface area contributed by atoms with Gasteiger partial charge in [-0.05, 0) is 31.9 Å². The maximum Gasteiger partial charge on any atom is 0.236 e. The van der Waals surface area contributed by atoms with Crippen molar-refractivity contribution >= 4 is 30.1 Å². The summed E-state index contributed by atoms with van der Waals surface area (Å²) in [6, 6.07) is 10.00. The van der Waals surface area contributed by atoms with Gasteiger partial charge in [0.1, 0.15) is 0 Å². The molecule has 3 nitrogen and oxygen atoms in total. The molecule has 2 rings (SSSR count). The first-order valence-electron chi connectivity index (χ1n) is 6.89. The third-order valence-corrected chi connectivity index (χ3v) is 5.08. The molecule has 1 saturated carbocycles. The summed E-state index contributed by atoms with van der Waals surface area (Å²) in [6.07, 6.45) is 4.80. The standard InChI is InChI=1S/C15H22N2OS.ClH/c1-12(16)14(18)17-11-15(9-5-6-10-15)19-13-7-3-2-4-8-13;/h2-4,7-8,12H,5-6,9-11,16H2,1H3,(H,17,18);1H/t12-;/m1./s1. The fraction of sp³-hybridized carbons (Fsp3) is 0.533. The summed E-state index contributed by atoms with van der Waals surface area (Å²) in [5.74, 6) is -0.0556. The van der Waals surface area contributed by atoms with Crippen LogP contribution in [0.15, 0.2) is 35.2 Å². The molecule has 1 aliphatic carbocycles. The molecule has 1 atom stereocenters. The molecule has 0 heterocycles. The highest BCUT2D eigenvalue weighted by Crippen LogP contribution is 2.44. The fourth-order valence-corrected chi connectivity index (χ4v) is 3.91. The lowest BCUT2D eigenvalue weighted by atomic mass is 10.1. The van der Waals surface area contributed by atoms with Crippen LogP contribution in [0.2, 0.25) is 0 Å². The van der Waals surface area contributed by atoms with Crippen LogP contribution in [0.3, 0.4) is 0 Å². The SMILES string of the molecule is C[C@@H](N)C(=O)NCC1(Sc2ccccc2)CCCC1.Cl. The minimum Gasteiger partial charge on any atom is -0.353 e. The van der Waals surface area contributed by atoms with Crippen LogP contribution in [0.5, 0.6) is 0 Å². The normalized spacial score (nSPS) is 18.1. The van der Waals surface area contributed by atoms with Crippen molar-refractivity contribution in [2.75, 3.05) is 6.54 Å². The van der Waals surface area contributed by atoms with E-state index in [2.05, 4.69) is 29.6 Å². The third-order valence-electron chi connectivity index (χ3n) is 3.59. The van der Waals surface area contributed by atoms with Crippen LogP contribution in [-0.4, -0.2) is 23.2 Å². The molecule has 1 aliphatic rings. The van der Waals surface area contributed by atoms with E-state index in [0.717, 1.165) is 12.8 Å². The molecule has 20 heavy (non-hydrogen) atoms. The smallest absolute Gasteiger partial charge is 0.236 e. The lowest BCUT2D eigenvalue weighted by Crippen LogP contribution is -2.44. The van der Waals surface area contributed by atoms with Gasteiger partial charge in [0, 0.05) is 16.2 Å². The van der Waals surface area contributed by atoms with Crippen LogP contribution >= 0.6 is 24.2 Å². The first-order valence-corrected chi connectivity index (χ1v) is 7.70. The van der Waals surface area contributed by atoms with Gasteiger partial charge in [-0.15, -0.1) is 24.2 Å². The van der Waals surface area contributed by atoms with Crippen molar-refractivity contribution in [3.8, 4) is 0 Å². The number of hydrogen-bond donors (Lipinski definition) is 2. The van der Waals surface area contributed by atoms with Crippen molar-refractivity contribution in [1.82, 2.24) is 5.32 Å². The lowest BCUT2D eigenvalue weighted by Gasteiger charge is -2.29. The molecule has 0 unspecified atom stereocenters. The molecule has 1 amide bonds. The summed E-state index contributed by atoms with van der Waals surface area (Å²) in [7, 11) is 0. The molecular weight excluding hydrogens is 292 g/mol. The second kappa shape index (κ2) is 7.91. The van der Waals surface area contributed by atoms with Crippen molar-refractivity contribution in [1.29, 1.82) is 0 Å². The number of nitrogens with one attached hydrogen (secondary N) is 1. The van der Waals surface area contributed by atoms with Crippen LogP contribution < -0.4 is 11.1 Å². The Labute approximate surface area is 131 Å². The van der Waals surface area contributed by atoms with Gasteiger partial charge in [-0.25, -0.2) is 0 Å². The minimum absolute atomic E-state index is 0. The van der Waals surface area contributed by atoms with Gasteiger partial charge >= 0.3 is 0 Å². The highest BCUT2D eigenvalue weighted by molar-refractivity contribution is 8.00. The molecule has 1 aromatic rings. The number of thioether (sulfide) groups is 1. The second-order valence-electron chi connectivity index (χ2n) is 5.31. The summed E-state index contributed by atoms with van der Waals surface area (Å²) in [5.41, 5.74) is 5.60. The molecule has 1 fully saturated rings. The largest absolute Gasteiger partial charge is 0.353 e. The average Bonchev–Trinajstić information content (AvgIpc) is 2.86. The van der Waals surface area contributed by atoms with Gasteiger partial charge in [-0.1, -0.05) is 31.0 Å². The predicted molar refractivity (Wildman–Crippen MR) is 87.4 cm³/mol. The number of benzene rings is 1. The zero-order valence-electron chi connectivity index (χ0n) is 11.8. The number of carbonyl (C=O) groups is 1. The number of amides is 1. The number of hydrogen-bond acceptors (Lipinski definition) is 3. The lowest BCUT2D eigenvalue weighted by molar-refractivity contribution is -0.122. The molecule has 5 heteroatoms. The Kier molecular flexibility index (Phi) is 6.86. The Morgan fingerprint density at radius 2 is 1.95 bits per heavy atom. The molecule has 3 N–H and O–H groups in total. The second-order valence-corrected chi connectivity index (χ2v) is 6.85. The van der Waals surface area contributed by atoms with E-state index >= 15 is 0 Å². The predicted octanol–water partition coefficient (Wildman–Crippen LogP) is 2.98. The van der Waals surface area contributed by atoms with Crippen molar-refractivity contribution in [2.24, 2.45) is 5.73 Å². The Morgan fingerprint density at radius 1 is 1.35 bits per heavy atom. The topological polar surface area (TPSA) is 55.1 Å². The molecule has 0 bridgehead atoms. The third kappa shape index (κ3) is 4.69. The summed E-state index contributed by atoms with van der Waals surface area (Å²) >= 11 is 1.90. The summed E-state index contributed by atoms with van der Waals surface area (Å²) in [6.45, 7) is 2.44. The van der Waals surface area contributed by atoms with Crippen molar-refractivity contribution in [3.63, 3.8) is 0 Å². The van der Waals surface area contributed by atoms with Crippen LogP contribution in [0.1, 0.15) is 32.6 Å². The minimum atomic E-state index is -0.430. The Balaban J connectivity index is 0.00000200. The summed E-state index contributed by atoms with van der Waals surface area (Å²) in [5, 5.41) is 3.00. The van der Waals surface area contributed by atoms with Gasteiger partial charge in [0.05, 0.1) is 6.04 Å². The fourth-order valence-electron chi connectivity index (χ4n) is 2.48. The van der Waals surface area contributed by atoms with Crippen molar-refractivity contribution in [2.45, 2.75) is 48.3 Å². The molecule has 0 radical (unpaired) electrons. The van der Waals surface area contributed by atoms with E-state index < -0.39 is 6.04 Å². The van der Waals surface area contributed by atoms with Gasteiger partial charge in [0.2, 0.25) is 5.91 Å². The average molecular weight is 315 g/mol. The van der Waals surface area contributed by atoms with Crippen LogP contribution in [0.4, 0.5) is 0 Å². The maximum absolute atomic E-state index is 11.6. The number of halogens is 1. The van der Waals surface area contributed by atoms with E-state index in [1.165, 1.54) is 17.7 Å². The first kappa shape index (κ1) is 17.3.